The quantitative estimate of drug-likeness (QED) is 0.305. The summed E-state index contributed by atoms with van der Waals surface area (Å²) < 4.78 is 90.5. The summed E-state index contributed by atoms with van der Waals surface area (Å²) in [6.45, 7) is 1.77. The molecule has 4 atom stereocenters. The third-order valence-electron chi connectivity index (χ3n) is 7.96. The van der Waals surface area contributed by atoms with Crippen LogP contribution in [0.3, 0.4) is 0 Å². The molecular formula is C29H29F4NO6S. The van der Waals surface area contributed by atoms with Gasteiger partial charge in [-0.2, -0.15) is 13.2 Å². The molecule has 0 spiro atoms. The molecule has 2 fully saturated rings. The minimum absolute atomic E-state index is 0.0459. The fourth-order valence-corrected chi connectivity index (χ4v) is 6.63. The van der Waals surface area contributed by atoms with E-state index in [-0.39, 0.29) is 71.6 Å². The molecular weight excluding hydrogens is 566 g/mol. The molecule has 41 heavy (non-hydrogen) atoms. The molecule has 0 saturated heterocycles. The van der Waals surface area contributed by atoms with E-state index in [1.165, 1.54) is 12.1 Å². The topological polar surface area (TPSA) is 102 Å². The number of alkyl halides is 3. The summed E-state index contributed by atoms with van der Waals surface area (Å²) in [6.07, 6.45) is -1.04. The summed E-state index contributed by atoms with van der Waals surface area (Å²) in [5, 5.41) is 9.30. The highest BCUT2D eigenvalue weighted by Crippen LogP contribution is 2.63. The summed E-state index contributed by atoms with van der Waals surface area (Å²) in [4.78, 5) is 15.7. The molecule has 0 radical (unpaired) electrons. The van der Waals surface area contributed by atoms with Crippen molar-refractivity contribution < 1.29 is 45.4 Å². The number of carboxylic acids is 1. The Morgan fingerprint density at radius 1 is 1.15 bits per heavy atom. The fourth-order valence-electron chi connectivity index (χ4n) is 5.99. The lowest BCUT2D eigenvalue weighted by molar-refractivity contribution is -0.139. The van der Waals surface area contributed by atoms with Crippen molar-refractivity contribution in [3.05, 3.63) is 64.5 Å². The van der Waals surface area contributed by atoms with Crippen molar-refractivity contribution in [3.63, 3.8) is 0 Å². The number of aliphatic carboxylic acids is 1. The molecule has 1 N–H and O–H groups in total. The normalized spacial score (nSPS) is 23.3. The number of hydrogen-bond acceptors (Lipinski definition) is 6. The molecule has 220 valence electrons. The monoisotopic (exact) mass is 595 g/mol. The zero-order valence-electron chi connectivity index (χ0n) is 22.4. The number of carboxylic acid groups (broad SMARTS) is 1. The van der Waals surface area contributed by atoms with Gasteiger partial charge in [0.2, 0.25) is 5.90 Å². The highest BCUT2D eigenvalue weighted by Gasteiger charge is 2.63. The van der Waals surface area contributed by atoms with E-state index in [9.17, 15) is 35.9 Å². The number of aryl methyl sites for hydroxylation is 1. The van der Waals surface area contributed by atoms with E-state index in [2.05, 4.69) is 4.99 Å². The Bertz CT molecular complexity index is 1550. The second-order valence-electron chi connectivity index (χ2n) is 10.9. The van der Waals surface area contributed by atoms with Crippen LogP contribution in [0, 0.1) is 36.4 Å². The second-order valence-corrected chi connectivity index (χ2v) is 13.2. The molecule has 0 bridgehead atoms. The van der Waals surface area contributed by atoms with Crippen molar-refractivity contribution in [2.24, 2.45) is 28.7 Å². The van der Waals surface area contributed by atoms with Gasteiger partial charge in [-0.1, -0.05) is 11.6 Å². The molecule has 5 rings (SSSR count). The van der Waals surface area contributed by atoms with Gasteiger partial charge in [0.1, 0.15) is 28.0 Å². The molecule has 0 amide bonds. The standard InChI is InChI=1S/C29H29F4NO6S/c1-15-8-18(39-6-3-7-41(2,37)38)4-5-19(15)20-10-17(24(30)12-23(20)29(31,32)33)14-40-25-11-16-9-21-26(22(16)13-34-25)27(21)28(35)36/h4-5,8,10-12,21-22,26-27H,3,6-7,9,13-14H2,1-2H3,(H,35,36). The third-order valence-corrected chi connectivity index (χ3v) is 8.99. The molecule has 12 heteroatoms. The first-order chi connectivity index (χ1) is 19.2. The minimum atomic E-state index is -4.81. The first-order valence-electron chi connectivity index (χ1n) is 13.1. The Morgan fingerprint density at radius 3 is 2.56 bits per heavy atom. The molecule has 2 saturated carbocycles. The van der Waals surface area contributed by atoms with Crippen LogP contribution in [0.1, 0.15) is 29.5 Å². The molecule has 4 unspecified atom stereocenters. The Hall–Kier alpha value is -3.41. The van der Waals surface area contributed by atoms with Crippen LogP contribution in [0.5, 0.6) is 5.75 Å². The van der Waals surface area contributed by atoms with Gasteiger partial charge in [0.25, 0.3) is 0 Å². The summed E-state index contributed by atoms with van der Waals surface area (Å²) in [5.41, 5.74) is 0.337. The van der Waals surface area contributed by atoms with Crippen molar-refractivity contribution in [1.29, 1.82) is 0 Å². The van der Waals surface area contributed by atoms with E-state index >= 15 is 0 Å². The number of ether oxygens (including phenoxy) is 2. The molecule has 0 aromatic heterocycles. The maximum Gasteiger partial charge on any atom is 0.417 e. The molecule has 7 nitrogen and oxygen atoms in total. The zero-order valence-corrected chi connectivity index (χ0v) is 23.2. The van der Waals surface area contributed by atoms with Gasteiger partial charge in [-0.25, -0.2) is 12.8 Å². The first kappa shape index (κ1) is 29.1. The Morgan fingerprint density at radius 2 is 1.90 bits per heavy atom. The number of halogens is 4. The van der Waals surface area contributed by atoms with Crippen LogP contribution in [0.25, 0.3) is 11.1 Å². The fraction of sp³-hybridized carbons (Fsp3) is 0.448. The van der Waals surface area contributed by atoms with Crippen LogP contribution < -0.4 is 4.74 Å². The average molecular weight is 596 g/mol. The highest BCUT2D eigenvalue weighted by atomic mass is 32.2. The van der Waals surface area contributed by atoms with Gasteiger partial charge in [0.15, 0.2) is 0 Å². The van der Waals surface area contributed by atoms with Gasteiger partial charge in [0.05, 0.1) is 23.8 Å². The number of rotatable bonds is 9. The number of dihydropyridines is 1. The van der Waals surface area contributed by atoms with Crippen LogP contribution in [-0.4, -0.2) is 50.6 Å². The van der Waals surface area contributed by atoms with E-state index in [0.717, 1.165) is 17.9 Å². The number of sulfone groups is 1. The largest absolute Gasteiger partial charge is 0.494 e. The van der Waals surface area contributed by atoms with Gasteiger partial charge in [0, 0.05) is 24.3 Å². The third kappa shape index (κ3) is 6.27. The predicted octanol–water partition coefficient (Wildman–Crippen LogP) is 5.46. The highest BCUT2D eigenvalue weighted by molar-refractivity contribution is 7.90. The van der Waals surface area contributed by atoms with Crippen molar-refractivity contribution in [1.82, 2.24) is 0 Å². The van der Waals surface area contributed by atoms with Gasteiger partial charge in [-0.3, -0.25) is 9.79 Å². The summed E-state index contributed by atoms with van der Waals surface area (Å²) in [5.74, 6) is -1.38. The lowest BCUT2D eigenvalue weighted by Gasteiger charge is -2.21. The number of benzene rings is 2. The lowest BCUT2D eigenvalue weighted by Crippen LogP contribution is -2.20. The van der Waals surface area contributed by atoms with Crippen LogP contribution in [0.15, 0.2) is 47.0 Å². The number of carbonyl (C=O) groups is 1. The van der Waals surface area contributed by atoms with Crippen LogP contribution in [0.2, 0.25) is 0 Å². The van der Waals surface area contributed by atoms with Gasteiger partial charge in [-0.15, -0.1) is 0 Å². The number of aliphatic imine (C=N–C) groups is 1. The van der Waals surface area contributed by atoms with E-state index < -0.39 is 33.4 Å². The van der Waals surface area contributed by atoms with E-state index in [1.54, 1.807) is 19.1 Å². The average Bonchev–Trinajstić information content (AvgIpc) is 3.47. The zero-order chi connectivity index (χ0) is 29.7. The van der Waals surface area contributed by atoms with E-state index in [0.29, 0.717) is 30.3 Å². The van der Waals surface area contributed by atoms with Crippen LogP contribution in [0.4, 0.5) is 17.6 Å². The van der Waals surface area contributed by atoms with Crippen molar-refractivity contribution in [2.45, 2.75) is 32.5 Å². The Labute approximate surface area is 234 Å². The van der Waals surface area contributed by atoms with Crippen molar-refractivity contribution in [2.75, 3.05) is 25.2 Å². The minimum Gasteiger partial charge on any atom is -0.494 e. The van der Waals surface area contributed by atoms with Gasteiger partial charge < -0.3 is 14.6 Å². The summed E-state index contributed by atoms with van der Waals surface area (Å²) in [6, 6.07) is 6.10. The molecule has 2 aromatic carbocycles. The summed E-state index contributed by atoms with van der Waals surface area (Å²) >= 11 is 0. The Balaban J connectivity index is 1.32. The van der Waals surface area contributed by atoms with Crippen molar-refractivity contribution in [3.8, 4) is 16.9 Å². The predicted molar refractivity (Wildman–Crippen MR) is 143 cm³/mol. The number of nitrogens with zero attached hydrogens (tertiary/aromatic N) is 1. The maximum atomic E-state index is 14.9. The molecule has 2 aliphatic carbocycles. The van der Waals surface area contributed by atoms with Gasteiger partial charge >= 0.3 is 12.1 Å². The van der Waals surface area contributed by atoms with Crippen LogP contribution >= 0.6 is 0 Å². The van der Waals surface area contributed by atoms with Crippen molar-refractivity contribution >= 4 is 21.7 Å². The SMILES string of the molecule is Cc1cc(OCCCS(C)(=O)=O)ccc1-c1cc(COC2=NCC3C(=C2)CC2C(C(=O)O)C32)c(F)cc1C(F)(F)F. The van der Waals surface area contributed by atoms with Crippen LogP contribution in [-0.2, 0) is 32.2 Å². The number of hydrogen-bond donors (Lipinski definition) is 1. The molecule has 2 aromatic rings. The van der Waals surface area contributed by atoms with E-state index in [4.69, 9.17) is 9.47 Å². The Kier molecular flexibility index (Phi) is 7.65. The maximum absolute atomic E-state index is 14.9. The number of fused-ring (bicyclic) bond motifs is 3. The van der Waals surface area contributed by atoms with E-state index in [1.807, 2.05) is 0 Å². The van der Waals surface area contributed by atoms with Gasteiger partial charge in [-0.05, 0) is 78.6 Å². The molecule has 3 aliphatic rings. The molecule has 1 heterocycles. The summed E-state index contributed by atoms with van der Waals surface area (Å²) in [7, 11) is -3.13. The first-order valence-corrected chi connectivity index (χ1v) is 15.2. The molecule has 1 aliphatic heterocycles. The smallest absolute Gasteiger partial charge is 0.417 e. The lowest BCUT2D eigenvalue weighted by atomic mass is 9.92. The second kappa shape index (κ2) is 10.8.